The number of aryl methyl sites for hydroxylation is 2. The first kappa shape index (κ1) is 21.7. The van der Waals surface area contributed by atoms with Gasteiger partial charge in [-0.15, -0.1) is 0 Å². The molecule has 166 valence electrons. The zero-order valence-electron chi connectivity index (χ0n) is 18.0. The lowest BCUT2D eigenvalue weighted by Gasteiger charge is -2.17. The summed E-state index contributed by atoms with van der Waals surface area (Å²) in [6.45, 7) is 4.10. The van der Waals surface area contributed by atoms with Crippen LogP contribution in [0.2, 0.25) is 0 Å². The zero-order valence-corrected chi connectivity index (χ0v) is 18.0. The van der Waals surface area contributed by atoms with Crippen LogP contribution in [0.15, 0.2) is 36.4 Å². The summed E-state index contributed by atoms with van der Waals surface area (Å²) in [6.07, 6.45) is 1.55. The molecular formula is C24H24N2O6. The first-order chi connectivity index (χ1) is 15.3. The maximum atomic E-state index is 12.7. The molecule has 32 heavy (non-hydrogen) atoms. The normalized spacial score (nSPS) is 17.4. The van der Waals surface area contributed by atoms with Crippen molar-refractivity contribution in [2.75, 3.05) is 25.1 Å². The van der Waals surface area contributed by atoms with Gasteiger partial charge in [-0.25, -0.2) is 4.79 Å². The Morgan fingerprint density at radius 2 is 1.81 bits per heavy atom. The first-order valence-corrected chi connectivity index (χ1v) is 10.5. The quantitative estimate of drug-likeness (QED) is 0.552. The Labute approximate surface area is 185 Å². The maximum absolute atomic E-state index is 12.7. The van der Waals surface area contributed by atoms with Crippen molar-refractivity contribution in [2.45, 2.75) is 32.8 Å². The summed E-state index contributed by atoms with van der Waals surface area (Å²) in [5.41, 5.74) is 2.99. The Morgan fingerprint density at radius 1 is 1.09 bits per heavy atom. The molecule has 0 spiro atoms. The molecule has 0 unspecified atom stereocenters. The van der Waals surface area contributed by atoms with E-state index in [1.165, 1.54) is 18.2 Å². The van der Waals surface area contributed by atoms with Gasteiger partial charge in [-0.2, -0.15) is 0 Å². The van der Waals surface area contributed by atoms with Crippen molar-refractivity contribution in [3.8, 4) is 0 Å². The van der Waals surface area contributed by atoms with Gasteiger partial charge >= 0.3 is 5.97 Å². The predicted molar refractivity (Wildman–Crippen MR) is 116 cm³/mol. The van der Waals surface area contributed by atoms with Crippen LogP contribution in [0.1, 0.15) is 55.0 Å². The van der Waals surface area contributed by atoms with Crippen molar-refractivity contribution < 1.29 is 28.7 Å². The predicted octanol–water partition coefficient (Wildman–Crippen LogP) is 2.87. The number of nitrogens with one attached hydrogen (secondary N) is 1. The summed E-state index contributed by atoms with van der Waals surface area (Å²) in [5, 5.41) is 2.75. The third kappa shape index (κ3) is 4.27. The Kier molecular flexibility index (Phi) is 6.05. The number of hydrogen-bond donors (Lipinski definition) is 1. The number of imide groups is 1. The van der Waals surface area contributed by atoms with Gasteiger partial charge in [0.25, 0.3) is 17.7 Å². The van der Waals surface area contributed by atoms with E-state index in [0.29, 0.717) is 12.3 Å². The summed E-state index contributed by atoms with van der Waals surface area (Å²) < 4.78 is 10.6. The highest BCUT2D eigenvalue weighted by molar-refractivity contribution is 6.22. The Hall–Kier alpha value is -3.52. The first-order valence-electron chi connectivity index (χ1n) is 10.5. The van der Waals surface area contributed by atoms with E-state index in [0.717, 1.165) is 28.9 Å². The fraction of sp³-hybridized carbons (Fsp3) is 0.333. The van der Waals surface area contributed by atoms with Gasteiger partial charge in [0, 0.05) is 12.3 Å². The van der Waals surface area contributed by atoms with E-state index in [1.807, 2.05) is 32.0 Å². The van der Waals surface area contributed by atoms with Crippen LogP contribution in [-0.4, -0.2) is 54.5 Å². The van der Waals surface area contributed by atoms with Crippen LogP contribution in [0.4, 0.5) is 5.69 Å². The summed E-state index contributed by atoms with van der Waals surface area (Å²) in [4.78, 5) is 51.2. The minimum absolute atomic E-state index is 0.101. The van der Waals surface area contributed by atoms with E-state index in [2.05, 4.69) is 5.32 Å². The smallest absolute Gasteiger partial charge is 0.338 e. The third-order valence-electron chi connectivity index (χ3n) is 5.70. The number of amides is 3. The lowest BCUT2D eigenvalue weighted by molar-refractivity contribution is -0.119. The lowest BCUT2D eigenvalue weighted by atomic mass is 10.1. The van der Waals surface area contributed by atoms with E-state index in [9.17, 15) is 19.2 Å². The van der Waals surface area contributed by atoms with Gasteiger partial charge in [-0.3, -0.25) is 19.3 Å². The summed E-state index contributed by atoms with van der Waals surface area (Å²) in [6, 6.07) is 9.85. The average Bonchev–Trinajstić information content (AvgIpc) is 3.37. The number of nitrogens with zero attached hydrogens (tertiary/aromatic N) is 1. The molecule has 1 N–H and O–H groups in total. The fourth-order valence-electron chi connectivity index (χ4n) is 3.98. The van der Waals surface area contributed by atoms with Crippen molar-refractivity contribution in [1.29, 1.82) is 0 Å². The molecule has 2 aromatic rings. The van der Waals surface area contributed by atoms with Gasteiger partial charge in [0.1, 0.15) is 0 Å². The van der Waals surface area contributed by atoms with E-state index >= 15 is 0 Å². The van der Waals surface area contributed by atoms with E-state index < -0.39 is 30.3 Å². The third-order valence-corrected chi connectivity index (χ3v) is 5.70. The number of ether oxygens (including phenoxy) is 2. The Balaban J connectivity index is 1.39. The molecule has 2 heterocycles. The topological polar surface area (TPSA) is 102 Å². The molecular weight excluding hydrogens is 412 g/mol. The molecule has 2 aromatic carbocycles. The Morgan fingerprint density at radius 3 is 2.50 bits per heavy atom. The standard InChI is InChI=1S/C24H24N2O6/c1-14-5-3-6-15(2)21(14)25-20(27)13-32-24(30)16-8-9-18-19(11-16)23(29)26(22(18)28)12-17-7-4-10-31-17/h3,5-6,8-9,11,17H,4,7,10,12-13H2,1-2H3,(H,25,27)/t17-/m1/s1. The number of hydrogen-bond acceptors (Lipinski definition) is 6. The Bertz CT molecular complexity index is 1080. The van der Waals surface area contributed by atoms with Crippen LogP contribution >= 0.6 is 0 Å². The van der Waals surface area contributed by atoms with E-state index in [1.54, 1.807) is 0 Å². The van der Waals surface area contributed by atoms with Crippen LogP contribution in [0.5, 0.6) is 0 Å². The number of fused-ring (bicyclic) bond motifs is 1. The molecule has 1 atom stereocenters. The molecule has 8 nitrogen and oxygen atoms in total. The van der Waals surface area contributed by atoms with Crippen LogP contribution in [0.3, 0.4) is 0 Å². The summed E-state index contributed by atoms with van der Waals surface area (Å²) >= 11 is 0. The van der Waals surface area contributed by atoms with Crippen LogP contribution < -0.4 is 5.32 Å². The number of rotatable bonds is 6. The van der Waals surface area contributed by atoms with Crippen LogP contribution in [-0.2, 0) is 14.3 Å². The SMILES string of the molecule is Cc1cccc(C)c1NC(=O)COC(=O)c1ccc2c(c1)C(=O)N(C[C@H]1CCCO1)C2=O. The van der Waals surface area contributed by atoms with Gasteiger partial charge in [0.2, 0.25) is 0 Å². The second-order valence-corrected chi connectivity index (χ2v) is 8.01. The highest BCUT2D eigenvalue weighted by Gasteiger charge is 2.38. The van der Waals surface area contributed by atoms with Crippen LogP contribution in [0, 0.1) is 13.8 Å². The lowest BCUT2D eigenvalue weighted by Crippen LogP contribution is -2.36. The molecule has 0 bridgehead atoms. The van der Waals surface area contributed by atoms with Crippen molar-refractivity contribution in [2.24, 2.45) is 0 Å². The van der Waals surface area contributed by atoms with Crippen molar-refractivity contribution in [1.82, 2.24) is 4.90 Å². The van der Waals surface area contributed by atoms with Gasteiger partial charge in [-0.05, 0) is 56.0 Å². The minimum Gasteiger partial charge on any atom is -0.452 e. The fourth-order valence-corrected chi connectivity index (χ4v) is 3.98. The molecule has 0 saturated carbocycles. The number of carbonyl (C=O) groups excluding carboxylic acids is 4. The second kappa shape index (κ2) is 8.92. The maximum Gasteiger partial charge on any atom is 0.338 e. The molecule has 1 saturated heterocycles. The number of carbonyl (C=O) groups is 4. The van der Waals surface area contributed by atoms with Crippen molar-refractivity contribution in [3.63, 3.8) is 0 Å². The molecule has 0 aliphatic carbocycles. The average molecular weight is 436 g/mol. The summed E-state index contributed by atoms with van der Waals surface area (Å²) in [5.74, 6) is -2.07. The molecule has 4 rings (SSSR count). The molecule has 0 aromatic heterocycles. The monoisotopic (exact) mass is 436 g/mol. The van der Waals surface area contributed by atoms with Gasteiger partial charge < -0.3 is 14.8 Å². The largest absolute Gasteiger partial charge is 0.452 e. The molecule has 8 heteroatoms. The van der Waals surface area contributed by atoms with E-state index in [-0.39, 0.29) is 29.3 Å². The minimum atomic E-state index is -0.748. The van der Waals surface area contributed by atoms with Crippen molar-refractivity contribution >= 4 is 29.4 Å². The van der Waals surface area contributed by atoms with Gasteiger partial charge in [0.15, 0.2) is 6.61 Å². The zero-order chi connectivity index (χ0) is 22.8. The molecule has 2 aliphatic rings. The van der Waals surface area contributed by atoms with Gasteiger partial charge in [0.05, 0.1) is 29.3 Å². The molecule has 3 amide bonds. The van der Waals surface area contributed by atoms with Crippen molar-refractivity contribution in [3.05, 3.63) is 64.2 Å². The number of para-hydroxylation sites is 1. The summed E-state index contributed by atoms with van der Waals surface area (Å²) in [7, 11) is 0. The molecule has 2 aliphatic heterocycles. The highest BCUT2D eigenvalue weighted by Crippen LogP contribution is 2.26. The van der Waals surface area contributed by atoms with Crippen LogP contribution in [0.25, 0.3) is 0 Å². The molecule has 0 radical (unpaired) electrons. The molecule has 1 fully saturated rings. The number of esters is 1. The highest BCUT2D eigenvalue weighted by atomic mass is 16.5. The van der Waals surface area contributed by atoms with E-state index in [4.69, 9.17) is 9.47 Å². The number of benzene rings is 2. The number of anilines is 1. The van der Waals surface area contributed by atoms with Gasteiger partial charge in [-0.1, -0.05) is 18.2 Å². The second-order valence-electron chi connectivity index (χ2n) is 8.01.